The van der Waals surface area contributed by atoms with Crippen LogP contribution in [0.3, 0.4) is 0 Å². The third kappa shape index (κ3) is 4.31. The summed E-state index contributed by atoms with van der Waals surface area (Å²) in [4.78, 5) is 26.9. The number of rotatable bonds is 3. The number of benzene rings is 2. The Hall–Kier alpha value is -2.62. The van der Waals surface area contributed by atoms with E-state index in [0.29, 0.717) is 17.0 Å². The van der Waals surface area contributed by atoms with Crippen molar-refractivity contribution in [3.05, 3.63) is 64.7 Å². The van der Waals surface area contributed by atoms with Gasteiger partial charge in [-0.15, -0.1) is 0 Å². The van der Waals surface area contributed by atoms with Gasteiger partial charge < -0.3 is 10.2 Å². The van der Waals surface area contributed by atoms with Crippen LogP contribution in [0, 0.1) is 19.8 Å². The number of nitrogens with one attached hydrogen (secondary N) is 1. The molecule has 4 nitrogen and oxygen atoms in total. The lowest BCUT2D eigenvalue weighted by Crippen LogP contribution is -2.37. The van der Waals surface area contributed by atoms with Gasteiger partial charge in [0.25, 0.3) is 11.8 Å². The van der Waals surface area contributed by atoms with Crippen molar-refractivity contribution >= 4 is 17.5 Å². The van der Waals surface area contributed by atoms with Crippen LogP contribution in [-0.4, -0.2) is 29.8 Å². The second-order valence-corrected chi connectivity index (χ2v) is 7.38. The van der Waals surface area contributed by atoms with Gasteiger partial charge in [0, 0.05) is 29.9 Å². The van der Waals surface area contributed by atoms with E-state index in [1.54, 1.807) is 24.3 Å². The second kappa shape index (κ2) is 7.73. The van der Waals surface area contributed by atoms with E-state index in [9.17, 15) is 9.59 Å². The highest BCUT2D eigenvalue weighted by molar-refractivity contribution is 6.05. The van der Waals surface area contributed by atoms with Gasteiger partial charge in [0.1, 0.15) is 0 Å². The van der Waals surface area contributed by atoms with E-state index >= 15 is 0 Å². The van der Waals surface area contributed by atoms with Crippen molar-refractivity contribution in [1.82, 2.24) is 4.90 Å². The molecule has 2 amide bonds. The number of likely N-dealkylation sites (tertiary alicyclic amines) is 1. The number of nitrogens with zero attached hydrogens (tertiary/aromatic N) is 1. The highest BCUT2D eigenvalue weighted by Crippen LogP contribution is 2.19. The molecule has 4 heteroatoms. The normalized spacial score (nSPS) is 15.0. The van der Waals surface area contributed by atoms with Crippen LogP contribution in [0.5, 0.6) is 0 Å². The van der Waals surface area contributed by atoms with E-state index in [0.717, 1.165) is 42.7 Å². The van der Waals surface area contributed by atoms with Crippen LogP contribution in [-0.2, 0) is 0 Å². The maximum absolute atomic E-state index is 12.6. The molecule has 0 bridgehead atoms. The number of anilines is 1. The van der Waals surface area contributed by atoms with Crippen molar-refractivity contribution < 1.29 is 9.59 Å². The molecule has 2 aromatic carbocycles. The number of hydrogen-bond acceptors (Lipinski definition) is 2. The smallest absolute Gasteiger partial charge is 0.255 e. The van der Waals surface area contributed by atoms with Gasteiger partial charge in [-0.3, -0.25) is 9.59 Å². The van der Waals surface area contributed by atoms with Crippen molar-refractivity contribution in [3.8, 4) is 0 Å². The van der Waals surface area contributed by atoms with Gasteiger partial charge in [-0.25, -0.2) is 0 Å². The van der Waals surface area contributed by atoms with Crippen molar-refractivity contribution in [2.45, 2.75) is 33.6 Å². The van der Waals surface area contributed by atoms with Crippen molar-refractivity contribution in [2.75, 3.05) is 18.4 Å². The van der Waals surface area contributed by atoms with Gasteiger partial charge in [0.15, 0.2) is 0 Å². The number of piperidine rings is 1. The van der Waals surface area contributed by atoms with Crippen LogP contribution < -0.4 is 5.32 Å². The van der Waals surface area contributed by atoms with E-state index in [1.807, 2.05) is 30.9 Å². The van der Waals surface area contributed by atoms with Crippen LogP contribution >= 0.6 is 0 Å². The predicted molar refractivity (Wildman–Crippen MR) is 105 cm³/mol. The summed E-state index contributed by atoms with van der Waals surface area (Å²) in [5.74, 6) is 0.578. The molecule has 3 rings (SSSR count). The van der Waals surface area contributed by atoms with Crippen LogP contribution in [0.15, 0.2) is 42.5 Å². The fourth-order valence-corrected chi connectivity index (χ4v) is 3.41. The fourth-order valence-electron chi connectivity index (χ4n) is 3.41. The molecule has 136 valence electrons. The number of carbonyl (C=O) groups excluding carboxylic acids is 2. The van der Waals surface area contributed by atoms with Crippen LogP contribution in [0.2, 0.25) is 0 Å². The maximum atomic E-state index is 12.6. The molecule has 0 spiro atoms. The minimum Gasteiger partial charge on any atom is -0.339 e. The van der Waals surface area contributed by atoms with Gasteiger partial charge >= 0.3 is 0 Å². The van der Waals surface area contributed by atoms with Crippen molar-refractivity contribution in [3.63, 3.8) is 0 Å². The van der Waals surface area contributed by atoms with E-state index < -0.39 is 0 Å². The summed E-state index contributed by atoms with van der Waals surface area (Å²) in [6, 6.07) is 12.9. The standard InChI is InChI=1S/C22H26N2O2/c1-15-8-10-24(11-9-15)22(26)19-6-4-18(5-7-19)21(25)23-20-13-16(2)12-17(3)14-20/h4-7,12-15H,8-11H2,1-3H3,(H,23,25). The van der Waals surface area contributed by atoms with E-state index in [-0.39, 0.29) is 11.8 Å². The fraction of sp³-hybridized carbons (Fsp3) is 0.364. The first-order valence-electron chi connectivity index (χ1n) is 9.21. The average molecular weight is 350 g/mol. The summed E-state index contributed by atoms with van der Waals surface area (Å²) in [5, 5.41) is 2.92. The molecule has 0 atom stereocenters. The highest BCUT2D eigenvalue weighted by Gasteiger charge is 2.21. The van der Waals surface area contributed by atoms with Crippen molar-refractivity contribution in [1.29, 1.82) is 0 Å². The molecule has 0 saturated carbocycles. The Labute approximate surface area is 155 Å². The van der Waals surface area contributed by atoms with Crippen LogP contribution in [0.25, 0.3) is 0 Å². The van der Waals surface area contributed by atoms with Crippen LogP contribution in [0.1, 0.15) is 51.6 Å². The van der Waals surface area contributed by atoms with E-state index in [2.05, 4.69) is 18.3 Å². The summed E-state index contributed by atoms with van der Waals surface area (Å²) in [7, 11) is 0. The Bertz CT molecular complexity index is 783. The zero-order valence-electron chi connectivity index (χ0n) is 15.7. The van der Waals surface area contributed by atoms with E-state index in [1.165, 1.54) is 0 Å². The Kier molecular flexibility index (Phi) is 5.40. The summed E-state index contributed by atoms with van der Waals surface area (Å²) in [6.45, 7) is 7.86. The lowest BCUT2D eigenvalue weighted by molar-refractivity contribution is 0.0697. The second-order valence-electron chi connectivity index (χ2n) is 7.38. The SMILES string of the molecule is Cc1cc(C)cc(NC(=O)c2ccc(C(=O)N3CCC(C)CC3)cc2)c1. The van der Waals surface area contributed by atoms with E-state index in [4.69, 9.17) is 0 Å². The zero-order valence-corrected chi connectivity index (χ0v) is 15.7. The molecule has 0 unspecified atom stereocenters. The van der Waals surface area contributed by atoms with Crippen molar-refractivity contribution in [2.24, 2.45) is 5.92 Å². The molecular formula is C22H26N2O2. The molecule has 1 fully saturated rings. The monoisotopic (exact) mass is 350 g/mol. The third-order valence-electron chi connectivity index (χ3n) is 4.94. The number of aryl methyl sites for hydroxylation is 2. The molecular weight excluding hydrogens is 324 g/mol. The average Bonchev–Trinajstić information content (AvgIpc) is 2.61. The lowest BCUT2D eigenvalue weighted by atomic mass is 9.98. The number of amides is 2. The first-order valence-corrected chi connectivity index (χ1v) is 9.21. The van der Waals surface area contributed by atoms with Gasteiger partial charge in [0.2, 0.25) is 0 Å². The Balaban J connectivity index is 1.66. The minimum absolute atomic E-state index is 0.0539. The molecule has 0 aliphatic carbocycles. The quantitative estimate of drug-likeness (QED) is 0.890. The highest BCUT2D eigenvalue weighted by atomic mass is 16.2. The summed E-state index contributed by atoms with van der Waals surface area (Å²) in [6.07, 6.45) is 2.12. The largest absolute Gasteiger partial charge is 0.339 e. The molecule has 2 aromatic rings. The molecule has 0 radical (unpaired) electrons. The molecule has 0 aromatic heterocycles. The van der Waals surface area contributed by atoms with Gasteiger partial charge in [-0.1, -0.05) is 13.0 Å². The Morgan fingerprint density at radius 1 is 0.923 bits per heavy atom. The summed E-state index contributed by atoms with van der Waals surface area (Å²) >= 11 is 0. The Morgan fingerprint density at radius 2 is 1.46 bits per heavy atom. The molecule has 1 aliphatic rings. The minimum atomic E-state index is -0.166. The summed E-state index contributed by atoms with van der Waals surface area (Å²) in [5.41, 5.74) is 4.19. The molecule has 1 N–H and O–H groups in total. The topological polar surface area (TPSA) is 49.4 Å². The van der Waals surface area contributed by atoms with Gasteiger partial charge in [0.05, 0.1) is 0 Å². The van der Waals surface area contributed by atoms with Gasteiger partial charge in [-0.2, -0.15) is 0 Å². The number of carbonyl (C=O) groups is 2. The number of hydrogen-bond donors (Lipinski definition) is 1. The third-order valence-corrected chi connectivity index (χ3v) is 4.94. The first kappa shape index (κ1) is 18.2. The predicted octanol–water partition coefficient (Wildman–Crippen LogP) is 4.43. The molecule has 1 heterocycles. The van der Waals surface area contributed by atoms with Crippen LogP contribution in [0.4, 0.5) is 5.69 Å². The van der Waals surface area contributed by atoms with Gasteiger partial charge in [-0.05, 0) is 80.1 Å². The molecule has 26 heavy (non-hydrogen) atoms. The molecule has 1 saturated heterocycles. The first-order chi connectivity index (χ1) is 12.4. The zero-order chi connectivity index (χ0) is 18.7. The summed E-state index contributed by atoms with van der Waals surface area (Å²) < 4.78 is 0. The maximum Gasteiger partial charge on any atom is 0.255 e. The molecule has 1 aliphatic heterocycles. The Morgan fingerprint density at radius 3 is 2.04 bits per heavy atom. The lowest BCUT2D eigenvalue weighted by Gasteiger charge is -2.30.